The number of ether oxygens (including phenoxy) is 1. The monoisotopic (exact) mass is 413 g/mol. The molecule has 28 heavy (non-hydrogen) atoms. The van der Waals surface area contributed by atoms with Crippen LogP contribution in [-0.4, -0.2) is 91.7 Å². The molecule has 0 spiro atoms. The Balaban J connectivity index is 1.91. The second kappa shape index (κ2) is 11.4. The molecule has 1 aliphatic carbocycles. The van der Waals surface area contributed by atoms with E-state index in [1.807, 2.05) is 18.7 Å². The molecule has 0 bridgehead atoms. The normalized spacial score (nSPS) is 23.4. The van der Waals surface area contributed by atoms with Crippen LogP contribution in [0.15, 0.2) is 4.99 Å². The lowest BCUT2D eigenvalue weighted by Gasteiger charge is -2.33. The van der Waals surface area contributed by atoms with E-state index in [1.165, 1.54) is 6.42 Å². The van der Waals surface area contributed by atoms with Crippen LogP contribution in [0.2, 0.25) is 0 Å². The summed E-state index contributed by atoms with van der Waals surface area (Å²) in [6.07, 6.45) is 7.03. The van der Waals surface area contributed by atoms with E-state index in [0.29, 0.717) is 36.9 Å². The minimum Gasteiger partial charge on any atom is -0.450 e. The fourth-order valence-electron chi connectivity index (χ4n) is 3.51. The van der Waals surface area contributed by atoms with Crippen molar-refractivity contribution < 1.29 is 14.3 Å². The van der Waals surface area contributed by atoms with Crippen LogP contribution in [0.3, 0.4) is 0 Å². The van der Waals surface area contributed by atoms with E-state index in [-0.39, 0.29) is 24.6 Å². The molecule has 160 valence electrons. The number of carbonyl (C=O) groups excluding carboxylic acids is 2. The van der Waals surface area contributed by atoms with E-state index in [4.69, 9.17) is 4.74 Å². The summed E-state index contributed by atoms with van der Waals surface area (Å²) in [6, 6.07) is 0.613. The summed E-state index contributed by atoms with van der Waals surface area (Å²) in [4.78, 5) is 31.7. The van der Waals surface area contributed by atoms with Gasteiger partial charge >= 0.3 is 6.09 Å². The molecule has 2 atom stereocenters. The summed E-state index contributed by atoms with van der Waals surface area (Å²) in [5.74, 6) is 0.684. The highest BCUT2D eigenvalue weighted by atomic mass is 32.2. The molecule has 2 N–H and O–H groups in total. The first-order chi connectivity index (χ1) is 13.4. The molecule has 1 saturated carbocycles. The van der Waals surface area contributed by atoms with Crippen LogP contribution < -0.4 is 10.6 Å². The molecule has 2 rings (SSSR count). The average molecular weight is 414 g/mol. The van der Waals surface area contributed by atoms with Crippen molar-refractivity contribution in [2.24, 2.45) is 4.99 Å². The smallest absolute Gasteiger partial charge is 0.409 e. The largest absolute Gasteiger partial charge is 0.450 e. The first-order valence-electron chi connectivity index (χ1n) is 10.1. The maximum Gasteiger partial charge on any atom is 0.409 e. The minimum atomic E-state index is -0.237. The third kappa shape index (κ3) is 7.07. The number of piperidine rings is 1. The molecule has 0 aromatic carbocycles. The Kier molecular flexibility index (Phi) is 9.21. The summed E-state index contributed by atoms with van der Waals surface area (Å²) in [5, 5.41) is 7.70. The van der Waals surface area contributed by atoms with Crippen LogP contribution in [0.25, 0.3) is 0 Å². The van der Waals surface area contributed by atoms with Crippen LogP contribution in [0.4, 0.5) is 4.79 Å². The van der Waals surface area contributed by atoms with Crippen LogP contribution in [0, 0.1) is 0 Å². The molecular formula is C19H35N5O3S. The number of guanidine groups is 1. The summed E-state index contributed by atoms with van der Waals surface area (Å²) >= 11 is 1.92. The van der Waals surface area contributed by atoms with Gasteiger partial charge in [-0.3, -0.25) is 4.79 Å². The predicted molar refractivity (Wildman–Crippen MR) is 114 cm³/mol. The zero-order chi connectivity index (χ0) is 20.5. The lowest BCUT2D eigenvalue weighted by atomic mass is 10.1. The highest BCUT2D eigenvalue weighted by Crippen LogP contribution is 2.28. The molecule has 2 aliphatic rings. The molecule has 2 fully saturated rings. The number of hydrogen-bond acceptors (Lipinski definition) is 5. The molecule has 8 nitrogen and oxygen atoms in total. The topological polar surface area (TPSA) is 86.3 Å². The number of thioether (sulfide) groups is 1. The molecule has 9 heteroatoms. The molecule has 2 unspecified atom stereocenters. The van der Waals surface area contributed by atoms with Gasteiger partial charge in [-0.2, -0.15) is 11.8 Å². The lowest BCUT2D eigenvalue weighted by molar-refractivity contribution is -0.127. The van der Waals surface area contributed by atoms with Crippen molar-refractivity contribution in [3.63, 3.8) is 0 Å². The van der Waals surface area contributed by atoms with Crippen molar-refractivity contribution in [1.82, 2.24) is 20.4 Å². The lowest BCUT2D eigenvalue weighted by Crippen LogP contribution is -2.51. The van der Waals surface area contributed by atoms with E-state index in [9.17, 15) is 9.59 Å². The molecule has 1 heterocycles. The first kappa shape index (κ1) is 22.6. The van der Waals surface area contributed by atoms with Crippen LogP contribution in [0.5, 0.6) is 0 Å². The van der Waals surface area contributed by atoms with Crippen molar-refractivity contribution in [2.45, 2.75) is 56.4 Å². The Morgan fingerprint density at radius 2 is 1.82 bits per heavy atom. The van der Waals surface area contributed by atoms with Crippen molar-refractivity contribution in [1.29, 1.82) is 0 Å². The second-order valence-electron chi connectivity index (χ2n) is 7.57. The highest BCUT2D eigenvalue weighted by Gasteiger charge is 2.27. The van der Waals surface area contributed by atoms with E-state index in [2.05, 4.69) is 21.9 Å². The van der Waals surface area contributed by atoms with E-state index < -0.39 is 0 Å². The Morgan fingerprint density at radius 3 is 2.39 bits per heavy atom. The van der Waals surface area contributed by atoms with Gasteiger partial charge in [0, 0.05) is 44.5 Å². The van der Waals surface area contributed by atoms with E-state index >= 15 is 0 Å². The fraction of sp³-hybridized carbons (Fsp3) is 0.842. The first-order valence-corrected chi connectivity index (χ1v) is 11.4. The Morgan fingerprint density at radius 1 is 1.14 bits per heavy atom. The van der Waals surface area contributed by atoms with Gasteiger partial charge in [-0.1, -0.05) is 0 Å². The van der Waals surface area contributed by atoms with Gasteiger partial charge in [0.25, 0.3) is 0 Å². The van der Waals surface area contributed by atoms with Crippen molar-refractivity contribution in [3.05, 3.63) is 0 Å². The molecule has 0 aromatic heterocycles. The quantitative estimate of drug-likeness (QED) is 0.507. The van der Waals surface area contributed by atoms with Crippen LogP contribution in [0.1, 0.15) is 39.0 Å². The molecule has 0 aromatic rings. The summed E-state index contributed by atoms with van der Waals surface area (Å²) in [7, 11) is 3.48. The summed E-state index contributed by atoms with van der Waals surface area (Å²) < 4.78 is 5.08. The third-order valence-electron chi connectivity index (χ3n) is 5.29. The maximum atomic E-state index is 12.0. The van der Waals surface area contributed by atoms with Crippen LogP contribution >= 0.6 is 11.8 Å². The van der Waals surface area contributed by atoms with Gasteiger partial charge in [-0.05, 0) is 45.3 Å². The number of nitrogens with zero attached hydrogens (tertiary/aromatic N) is 3. The number of nitrogens with one attached hydrogen (secondary N) is 2. The van der Waals surface area contributed by atoms with Crippen molar-refractivity contribution in [2.75, 3.05) is 46.6 Å². The molecule has 0 radical (unpaired) electrons. The summed E-state index contributed by atoms with van der Waals surface area (Å²) in [5.41, 5.74) is 0. The zero-order valence-electron chi connectivity index (χ0n) is 17.6. The fourth-order valence-corrected chi connectivity index (χ4v) is 4.31. The standard InChI is InChI=1S/C19H35N5O3S/c1-5-27-19(26)24-10-8-14(9-11-24)21-18(20-13-17(25)23(2)3)22-15-6-7-16(12-15)28-4/h14-16H,5-13H2,1-4H3,(H2,20,21,22). The van der Waals surface area contributed by atoms with Gasteiger partial charge in [0.05, 0.1) is 6.61 Å². The zero-order valence-corrected chi connectivity index (χ0v) is 18.4. The van der Waals surface area contributed by atoms with E-state index in [1.54, 1.807) is 23.9 Å². The molecular weight excluding hydrogens is 378 g/mol. The Hall–Kier alpha value is -1.64. The number of likely N-dealkylation sites (tertiary alicyclic amines) is 1. The van der Waals surface area contributed by atoms with Gasteiger partial charge < -0.3 is 25.2 Å². The highest BCUT2D eigenvalue weighted by molar-refractivity contribution is 7.99. The number of rotatable bonds is 6. The average Bonchev–Trinajstić information content (AvgIpc) is 3.14. The van der Waals surface area contributed by atoms with Crippen LogP contribution in [-0.2, 0) is 9.53 Å². The number of likely N-dealkylation sites (N-methyl/N-ethyl adjacent to an activating group) is 1. The van der Waals surface area contributed by atoms with Gasteiger partial charge in [-0.25, -0.2) is 9.79 Å². The SMILES string of the molecule is CCOC(=O)N1CCC(NC(=NCC(=O)N(C)C)NC2CCC(SC)C2)CC1. The predicted octanol–water partition coefficient (Wildman–Crippen LogP) is 1.51. The number of aliphatic imine (C=N–C) groups is 1. The van der Waals surface area contributed by atoms with Gasteiger partial charge in [0.2, 0.25) is 5.91 Å². The number of amides is 2. The number of carbonyl (C=O) groups is 2. The Bertz CT molecular complexity index is 550. The second-order valence-corrected chi connectivity index (χ2v) is 8.71. The maximum absolute atomic E-state index is 12.0. The summed E-state index contributed by atoms with van der Waals surface area (Å²) in [6.45, 7) is 3.68. The molecule has 1 aliphatic heterocycles. The van der Waals surface area contributed by atoms with E-state index in [0.717, 1.165) is 25.7 Å². The van der Waals surface area contributed by atoms with Gasteiger partial charge in [-0.15, -0.1) is 0 Å². The minimum absolute atomic E-state index is 0.0216. The Labute approximate surface area is 172 Å². The molecule has 1 saturated heterocycles. The third-order valence-corrected chi connectivity index (χ3v) is 6.39. The molecule has 2 amide bonds. The number of hydrogen-bond donors (Lipinski definition) is 2. The van der Waals surface area contributed by atoms with Crippen molar-refractivity contribution in [3.8, 4) is 0 Å². The van der Waals surface area contributed by atoms with Gasteiger partial charge in [0.1, 0.15) is 6.54 Å². The van der Waals surface area contributed by atoms with Gasteiger partial charge in [0.15, 0.2) is 5.96 Å². The van der Waals surface area contributed by atoms with Crippen molar-refractivity contribution >= 4 is 29.7 Å².